The van der Waals surface area contributed by atoms with Gasteiger partial charge in [-0.25, -0.2) is 0 Å². The van der Waals surface area contributed by atoms with Crippen LogP contribution in [0.4, 0.5) is 0 Å². The predicted molar refractivity (Wildman–Crippen MR) is 66.5 cm³/mol. The van der Waals surface area contributed by atoms with E-state index in [0.717, 1.165) is 16.6 Å². The first kappa shape index (κ1) is 9.16. The van der Waals surface area contributed by atoms with Gasteiger partial charge in [0, 0.05) is 16.3 Å². The van der Waals surface area contributed by atoms with E-state index >= 15 is 0 Å². The molecule has 0 aliphatic carbocycles. The third kappa shape index (κ3) is 1.16. The number of aromatic nitrogens is 1. The quantitative estimate of drug-likeness (QED) is 0.566. The Morgan fingerprint density at radius 1 is 0.938 bits per heavy atom. The molecular weight excluding hydrogens is 198 g/mol. The fraction of sp³-hybridized carbons (Fsp3) is 0. The van der Waals surface area contributed by atoms with E-state index in [0.29, 0.717) is 10.8 Å². The van der Waals surface area contributed by atoms with Crippen molar-refractivity contribution in [1.29, 1.82) is 0 Å². The van der Waals surface area contributed by atoms with E-state index in [1.165, 1.54) is 0 Å². The van der Waals surface area contributed by atoms with E-state index in [9.17, 15) is 4.79 Å². The first-order chi connectivity index (χ1) is 7.77. The first-order valence-electron chi connectivity index (χ1n) is 5.13. The molecule has 2 heteroatoms. The molecule has 16 heavy (non-hydrogen) atoms. The van der Waals surface area contributed by atoms with Crippen molar-refractivity contribution in [3.8, 4) is 0 Å². The summed E-state index contributed by atoms with van der Waals surface area (Å²) in [5.74, 6) is 0. The maximum absolute atomic E-state index is 12.2. The van der Waals surface area contributed by atoms with Gasteiger partial charge in [0.25, 0.3) is 0 Å². The molecule has 3 rings (SSSR count). The van der Waals surface area contributed by atoms with Gasteiger partial charge in [-0.15, -0.1) is 0 Å². The zero-order valence-corrected chi connectivity index (χ0v) is 8.66. The van der Waals surface area contributed by atoms with Crippen molar-refractivity contribution in [1.82, 2.24) is 4.98 Å². The Morgan fingerprint density at radius 3 is 2.56 bits per heavy atom. The van der Waals surface area contributed by atoms with E-state index in [1.807, 2.05) is 42.5 Å². The van der Waals surface area contributed by atoms with E-state index < -0.39 is 0 Å². The number of benzene rings is 2. The van der Waals surface area contributed by atoms with Crippen molar-refractivity contribution in [2.45, 2.75) is 0 Å². The molecule has 2 nitrogen and oxygen atoms in total. The van der Waals surface area contributed by atoms with E-state index in [2.05, 4.69) is 11.9 Å². The largest absolute Gasteiger partial charge is 0.354 e. The summed E-state index contributed by atoms with van der Waals surface area (Å²) in [5, 5.41) is 1.40. The molecule has 0 saturated heterocycles. The minimum absolute atomic E-state index is 0.0509. The van der Waals surface area contributed by atoms with Gasteiger partial charge < -0.3 is 4.98 Å². The smallest absolute Gasteiger partial charge is 0.197 e. The summed E-state index contributed by atoms with van der Waals surface area (Å²) in [4.78, 5) is 15.5. The van der Waals surface area contributed by atoms with Crippen LogP contribution in [0.15, 0.2) is 47.3 Å². The molecule has 0 bridgehead atoms. The van der Waals surface area contributed by atoms with Crippen LogP contribution in [-0.2, 0) is 0 Å². The molecule has 0 saturated carbocycles. The number of pyridine rings is 1. The van der Waals surface area contributed by atoms with E-state index in [1.54, 1.807) is 0 Å². The summed E-state index contributed by atoms with van der Waals surface area (Å²) < 4.78 is 0. The second kappa shape index (κ2) is 3.20. The lowest BCUT2D eigenvalue weighted by molar-refractivity contribution is 1.47. The molecule has 77 valence electrons. The monoisotopic (exact) mass is 208 g/mol. The lowest BCUT2D eigenvalue weighted by atomic mass is 10.1. The summed E-state index contributed by atoms with van der Waals surface area (Å²) in [6.45, 7) is 3.90. The van der Waals surface area contributed by atoms with Crippen LogP contribution in [-0.4, -0.2) is 4.98 Å². The van der Waals surface area contributed by atoms with Crippen LogP contribution in [0.25, 0.3) is 21.8 Å². The molecule has 1 heterocycles. The van der Waals surface area contributed by atoms with Crippen LogP contribution in [0.1, 0.15) is 5.56 Å². The second-order valence-corrected chi connectivity index (χ2v) is 3.84. The number of nitrogens with one attached hydrogen (secondary N) is 1. The Kier molecular flexibility index (Phi) is 1.83. The summed E-state index contributed by atoms with van der Waals surface area (Å²) >= 11 is 0. The normalized spacial score (nSPS) is 11.1. The SMILES string of the molecule is [CH2]c1cccc2[nH]c3ccccc3c(=O)c12. The maximum Gasteiger partial charge on any atom is 0.197 e. The Hall–Kier alpha value is -2.09. The van der Waals surface area contributed by atoms with Crippen LogP contribution in [0.5, 0.6) is 0 Å². The highest BCUT2D eigenvalue weighted by Crippen LogP contribution is 2.16. The van der Waals surface area contributed by atoms with Crippen molar-refractivity contribution in [2.75, 3.05) is 0 Å². The van der Waals surface area contributed by atoms with Crippen molar-refractivity contribution >= 4 is 21.8 Å². The number of para-hydroxylation sites is 1. The number of aromatic amines is 1. The van der Waals surface area contributed by atoms with Gasteiger partial charge in [-0.05, 0) is 30.7 Å². The number of hydrogen-bond acceptors (Lipinski definition) is 1. The van der Waals surface area contributed by atoms with E-state index in [4.69, 9.17) is 0 Å². The number of rotatable bonds is 0. The van der Waals surface area contributed by atoms with Gasteiger partial charge in [0.05, 0.1) is 5.52 Å². The van der Waals surface area contributed by atoms with Crippen LogP contribution < -0.4 is 5.43 Å². The van der Waals surface area contributed by atoms with Crippen LogP contribution in [0, 0.1) is 6.92 Å². The number of H-pyrrole nitrogens is 1. The predicted octanol–water partition coefficient (Wildman–Crippen LogP) is 2.86. The molecule has 1 N–H and O–H groups in total. The fourth-order valence-electron chi connectivity index (χ4n) is 2.04. The van der Waals surface area contributed by atoms with Crippen molar-refractivity contribution in [2.24, 2.45) is 0 Å². The standard InChI is InChI=1S/C14H10NO/c1-9-5-4-8-12-13(9)14(16)10-6-2-3-7-11(10)15-12/h2-8H,1H2,(H,15,16). The molecule has 0 unspecified atom stereocenters. The first-order valence-corrected chi connectivity index (χ1v) is 5.13. The zero-order valence-electron chi connectivity index (χ0n) is 8.66. The Labute approximate surface area is 92.5 Å². The van der Waals surface area contributed by atoms with Crippen LogP contribution in [0.3, 0.4) is 0 Å². The number of fused-ring (bicyclic) bond motifs is 2. The summed E-state index contributed by atoms with van der Waals surface area (Å²) in [6.07, 6.45) is 0. The molecule has 0 spiro atoms. The lowest BCUT2D eigenvalue weighted by Gasteiger charge is -2.04. The van der Waals surface area contributed by atoms with Gasteiger partial charge >= 0.3 is 0 Å². The third-order valence-corrected chi connectivity index (χ3v) is 2.82. The fourth-order valence-corrected chi connectivity index (χ4v) is 2.04. The van der Waals surface area contributed by atoms with Gasteiger partial charge in [-0.2, -0.15) is 0 Å². The molecule has 1 aromatic heterocycles. The highest BCUT2D eigenvalue weighted by molar-refractivity contribution is 5.94. The lowest BCUT2D eigenvalue weighted by Crippen LogP contribution is -2.05. The minimum atomic E-state index is 0.0509. The summed E-state index contributed by atoms with van der Waals surface area (Å²) in [7, 11) is 0. The van der Waals surface area contributed by atoms with E-state index in [-0.39, 0.29) is 5.43 Å². The molecular formula is C14H10NO. The molecule has 0 atom stereocenters. The van der Waals surface area contributed by atoms with Crippen molar-refractivity contribution in [3.63, 3.8) is 0 Å². The molecule has 0 amide bonds. The second-order valence-electron chi connectivity index (χ2n) is 3.84. The van der Waals surface area contributed by atoms with Crippen molar-refractivity contribution in [3.05, 3.63) is 65.2 Å². The Morgan fingerprint density at radius 2 is 1.69 bits per heavy atom. The van der Waals surface area contributed by atoms with Gasteiger partial charge in [0.15, 0.2) is 5.43 Å². The average molecular weight is 208 g/mol. The molecule has 0 fully saturated rings. The zero-order chi connectivity index (χ0) is 11.1. The highest BCUT2D eigenvalue weighted by Gasteiger charge is 2.05. The topological polar surface area (TPSA) is 32.9 Å². The molecule has 1 radical (unpaired) electrons. The van der Waals surface area contributed by atoms with Gasteiger partial charge in [0.2, 0.25) is 0 Å². The molecule has 0 aliphatic rings. The van der Waals surface area contributed by atoms with Crippen LogP contribution >= 0.6 is 0 Å². The molecule has 0 aliphatic heterocycles. The van der Waals surface area contributed by atoms with Gasteiger partial charge in [-0.1, -0.05) is 24.3 Å². The Bertz CT molecular complexity index is 740. The highest BCUT2D eigenvalue weighted by atomic mass is 16.1. The van der Waals surface area contributed by atoms with Crippen molar-refractivity contribution < 1.29 is 0 Å². The minimum Gasteiger partial charge on any atom is -0.354 e. The summed E-state index contributed by atoms with van der Waals surface area (Å²) in [5.41, 5.74) is 2.53. The summed E-state index contributed by atoms with van der Waals surface area (Å²) in [6, 6.07) is 13.2. The van der Waals surface area contributed by atoms with Gasteiger partial charge in [0.1, 0.15) is 0 Å². The average Bonchev–Trinajstić information content (AvgIpc) is 2.29. The molecule has 2 aromatic carbocycles. The van der Waals surface area contributed by atoms with Gasteiger partial charge in [-0.3, -0.25) is 4.79 Å². The Balaban J connectivity index is 2.67. The third-order valence-electron chi connectivity index (χ3n) is 2.82. The number of hydrogen-bond donors (Lipinski definition) is 1. The molecule has 3 aromatic rings. The van der Waals surface area contributed by atoms with Crippen LogP contribution in [0.2, 0.25) is 0 Å². The maximum atomic E-state index is 12.2.